The summed E-state index contributed by atoms with van der Waals surface area (Å²) in [7, 11) is 0. The van der Waals surface area contributed by atoms with Crippen molar-refractivity contribution in [1.29, 1.82) is 0 Å². The Bertz CT molecular complexity index is 1230. The number of benzene rings is 2. The van der Waals surface area contributed by atoms with Gasteiger partial charge in [0.1, 0.15) is 0 Å². The number of carboxylic acids is 2. The van der Waals surface area contributed by atoms with Crippen LogP contribution in [0.5, 0.6) is 34.5 Å². The highest BCUT2D eigenvalue weighted by atomic mass is 16.6. The molecule has 0 aliphatic carbocycles. The molecule has 0 bridgehead atoms. The molecule has 0 aliphatic rings. The van der Waals surface area contributed by atoms with E-state index in [0.29, 0.717) is 145 Å². The third-order valence-electron chi connectivity index (χ3n) is 6.82. The number of phenols is 6. The predicted molar refractivity (Wildman–Crippen MR) is 210 cm³/mol. The van der Waals surface area contributed by atoms with Gasteiger partial charge in [-0.3, -0.25) is 0 Å². The van der Waals surface area contributed by atoms with Gasteiger partial charge in [0.2, 0.25) is 0 Å². The molecule has 23 heteroatoms. The van der Waals surface area contributed by atoms with E-state index in [1.165, 1.54) is 0 Å². The van der Waals surface area contributed by atoms with E-state index in [4.69, 9.17) is 103 Å². The maximum Gasteiger partial charge on any atom is 0.335 e. The predicted octanol–water partition coefficient (Wildman–Crippen LogP) is 0.157. The number of aromatic hydroxyl groups is 6. The van der Waals surface area contributed by atoms with Crippen molar-refractivity contribution in [3.8, 4) is 34.5 Å². The molecule has 0 atom stereocenters. The van der Waals surface area contributed by atoms with Crippen molar-refractivity contribution in [2.75, 3.05) is 159 Å². The van der Waals surface area contributed by atoms with E-state index in [1.807, 2.05) is 0 Å². The van der Waals surface area contributed by atoms with E-state index < -0.39 is 46.4 Å². The van der Waals surface area contributed by atoms with Crippen LogP contribution >= 0.6 is 0 Å². The highest BCUT2D eigenvalue weighted by Crippen LogP contribution is 2.36. The van der Waals surface area contributed by atoms with Gasteiger partial charge in [0.25, 0.3) is 0 Å². The van der Waals surface area contributed by atoms with E-state index in [2.05, 4.69) is 0 Å². The normalized spacial score (nSPS) is 10.8. The van der Waals surface area contributed by atoms with Crippen LogP contribution in [-0.4, -0.2) is 222 Å². The Morgan fingerprint density at radius 2 is 0.459 bits per heavy atom. The van der Waals surface area contributed by atoms with Crippen molar-refractivity contribution in [3.05, 3.63) is 35.4 Å². The van der Waals surface area contributed by atoms with Crippen LogP contribution in [0.15, 0.2) is 24.3 Å². The number of hydrogen-bond donors (Lipinski definition) is 10. The average Bonchev–Trinajstić information content (AvgIpc) is 3.23. The van der Waals surface area contributed by atoms with Gasteiger partial charge in [-0.2, -0.15) is 0 Å². The molecule has 10 N–H and O–H groups in total. The first-order chi connectivity index (χ1) is 29.5. The molecule has 0 fully saturated rings. The molecular formula is C38H62O23. The summed E-state index contributed by atoms with van der Waals surface area (Å²) >= 11 is 0. The Morgan fingerprint density at radius 1 is 0.311 bits per heavy atom. The first-order valence-corrected chi connectivity index (χ1v) is 19.0. The second-order valence-corrected chi connectivity index (χ2v) is 11.5. The third kappa shape index (κ3) is 33.0. The van der Waals surface area contributed by atoms with E-state index in [9.17, 15) is 9.59 Å². The summed E-state index contributed by atoms with van der Waals surface area (Å²) < 4.78 is 58.7. The Kier molecular flexibility index (Phi) is 36.9. The fourth-order valence-electron chi connectivity index (χ4n) is 3.89. The standard InChI is InChI=1S/C24H50O13.2C7H6O5/c25-1-3-27-5-7-29-9-11-31-13-15-33-17-19-35-21-23-37-24-22-36-20-18-34-16-14-32-12-10-30-8-6-28-4-2-26;2*8-4-1-3(7(11)12)2-5(9)6(4)10/h25-26H,1-24H2;2*1-2,8-10H,(H,11,12). The lowest BCUT2D eigenvalue weighted by Gasteiger charge is -2.09. The molecule has 0 saturated carbocycles. The third-order valence-corrected chi connectivity index (χ3v) is 6.82. The summed E-state index contributed by atoms with van der Waals surface area (Å²) in [5.41, 5.74) is -0.578. The molecule has 2 aromatic rings. The van der Waals surface area contributed by atoms with Crippen molar-refractivity contribution in [3.63, 3.8) is 0 Å². The molecule has 2 rings (SSSR count). The number of rotatable bonds is 36. The minimum Gasteiger partial charge on any atom is -0.504 e. The first-order valence-electron chi connectivity index (χ1n) is 19.0. The van der Waals surface area contributed by atoms with Gasteiger partial charge in [0.15, 0.2) is 34.5 Å². The van der Waals surface area contributed by atoms with Crippen LogP contribution < -0.4 is 0 Å². The molecule has 0 aliphatic heterocycles. The minimum absolute atomic E-state index is 0.0253. The molecule has 0 aromatic heterocycles. The summed E-state index contributed by atoms with van der Waals surface area (Å²) in [4.78, 5) is 20.6. The van der Waals surface area contributed by atoms with Gasteiger partial charge in [-0.15, -0.1) is 0 Å². The second kappa shape index (κ2) is 39.8. The number of carbonyl (C=O) groups is 2. The summed E-state index contributed by atoms with van der Waals surface area (Å²) in [6.07, 6.45) is 0. The van der Waals surface area contributed by atoms with E-state index in [0.717, 1.165) is 24.3 Å². The van der Waals surface area contributed by atoms with Gasteiger partial charge in [-0.25, -0.2) is 9.59 Å². The SMILES string of the molecule is O=C(O)c1cc(O)c(O)c(O)c1.O=C(O)c1cc(O)c(O)c(O)c1.OCCOCCOCCOCCOCCOCCOCCOCCOCCOCCOCCOCCO. The van der Waals surface area contributed by atoms with Crippen LogP contribution in [0.3, 0.4) is 0 Å². The molecule has 23 nitrogen and oxygen atoms in total. The largest absolute Gasteiger partial charge is 0.504 e. The fourth-order valence-corrected chi connectivity index (χ4v) is 3.89. The van der Waals surface area contributed by atoms with Crippen molar-refractivity contribution in [1.82, 2.24) is 0 Å². The second-order valence-electron chi connectivity index (χ2n) is 11.5. The van der Waals surface area contributed by atoms with Crippen LogP contribution in [0.2, 0.25) is 0 Å². The molecule has 0 saturated heterocycles. The summed E-state index contributed by atoms with van der Waals surface area (Å²) in [6.45, 7) is 10.7. The topological polar surface area (TPSA) is 338 Å². The highest BCUT2D eigenvalue weighted by molar-refractivity contribution is 5.89. The molecule has 0 unspecified atom stereocenters. The Morgan fingerprint density at radius 3 is 0.590 bits per heavy atom. The maximum absolute atomic E-state index is 10.3. The lowest BCUT2D eigenvalue weighted by atomic mass is 10.2. The van der Waals surface area contributed by atoms with Crippen LogP contribution in [0.1, 0.15) is 20.7 Å². The van der Waals surface area contributed by atoms with Gasteiger partial charge in [-0.1, -0.05) is 0 Å². The van der Waals surface area contributed by atoms with Gasteiger partial charge in [-0.05, 0) is 24.3 Å². The molecular weight excluding hydrogens is 824 g/mol. The number of aliphatic hydroxyl groups is 2. The zero-order valence-corrected chi connectivity index (χ0v) is 34.1. The quantitative estimate of drug-likeness (QED) is 0.0322. The highest BCUT2D eigenvalue weighted by Gasteiger charge is 2.13. The minimum atomic E-state index is -1.29. The first kappa shape index (κ1) is 56.7. The van der Waals surface area contributed by atoms with Crippen molar-refractivity contribution < 1.29 is 113 Å². The zero-order chi connectivity index (χ0) is 45.4. The van der Waals surface area contributed by atoms with E-state index in [1.54, 1.807) is 0 Å². The van der Waals surface area contributed by atoms with Crippen LogP contribution in [0.25, 0.3) is 0 Å². The smallest absolute Gasteiger partial charge is 0.335 e. The molecule has 0 spiro atoms. The van der Waals surface area contributed by atoms with Crippen molar-refractivity contribution >= 4 is 11.9 Å². The summed E-state index contributed by atoms with van der Waals surface area (Å²) in [5.74, 6) is -6.67. The van der Waals surface area contributed by atoms with Gasteiger partial charge < -0.3 is 103 Å². The molecule has 0 heterocycles. The number of aromatic carboxylic acids is 2. The summed E-state index contributed by atoms with van der Waals surface area (Å²) in [6, 6.07) is 3.38. The maximum atomic E-state index is 10.3. The van der Waals surface area contributed by atoms with Crippen molar-refractivity contribution in [2.24, 2.45) is 0 Å². The monoisotopic (exact) mass is 886 g/mol. The van der Waals surface area contributed by atoms with Crippen LogP contribution in [0.4, 0.5) is 0 Å². The Balaban J connectivity index is 0.00000119. The average molecular weight is 887 g/mol. The number of ether oxygens (including phenoxy) is 11. The number of carboxylic acid groups (broad SMARTS) is 2. The number of hydrogen-bond acceptors (Lipinski definition) is 21. The van der Waals surface area contributed by atoms with E-state index in [-0.39, 0.29) is 24.3 Å². The van der Waals surface area contributed by atoms with Crippen molar-refractivity contribution in [2.45, 2.75) is 0 Å². The number of phenolic OH excluding ortho intramolecular Hbond substituents is 6. The lowest BCUT2D eigenvalue weighted by molar-refractivity contribution is -0.0281. The Labute approximate surface area is 353 Å². The zero-order valence-electron chi connectivity index (χ0n) is 34.1. The van der Waals surface area contributed by atoms with Gasteiger partial charge in [0.05, 0.1) is 170 Å². The fraction of sp³-hybridized carbons (Fsp3) is 0.632. The molecule has 61 heavy (non-hydrogen) atoms. The summed E-state index contributed by atoms with van der Waals surface area (Å²) in [5, 5.41) is 87.0. The van der Waals surface area contributed by atoms with Crippen LogP contribution in [-0.2, 0) is 52.1 Å². The molecule has 0 radical (unpaired) electrons. The van der Waals surface area contributed by atoms with Gasteiger partial charge in [0, 0.05) is 0 Å². The molecule has 0 amide bonds. The van der Waals surface area contributed by atoms with Gasteiger partial charge >= 0.3 is 11.9 Å². The molecule has 352 valence electrons. The number of aliphatic hydroxyl groups excluding tert-OH is 2. The Hall–Kier alpha value is -4.34. The van der Waals surface area contributed by atoms with E-state index >= 15 is 0 Å². The lowest BCUT2D eigenvalue weighted by Crippen LogP contribution is -2.15. The molecule has 2 aromatic carbocycles. The van der Waals surface area contributed by atoms with Crippen LogP contribution in [0, 0.1) is 0 Å².